The molecule has 0 aromatic heterocycles. The quantitative estimate of drug-likeness (QED) is 0.169. The van der Waals surface area contributed by atoms with E-state index >= 15 is 0 Å². The van der Waals surface area contributed by atoms with Crippen LogP contribution in [0.2, 0.25) is 0 Å². The summed E-state index contributed by atoms with van der Waals surface area (Å²) in [5.41, 5.74) is 11.0. The number of hydrogen-bond donors (Lipinski definition) is 8. The second-order valence-corrected chi connectivity index (χ2v) is 10.1. The van der Waals surface area contributed by atoms with E-state index in [-0.39, 0.29) is 36.7 Å². The first-order valence-electron chi connectivity index (χ1n) is 12.2. The monoisotopic (exact) mass is 495 g/mol. The van der Waals surface area contributed by atoms with Crippen LogP contribution in [-0.2, 0) is 23.7 Å². The number of hydrogen-bond acceptors (Lipinski definition) is 8. The lowest BCUT2D eigenvalue weighted by Gasteiger charge is -2.45. The van der Waals surface area contributed by atoms with Crippen molar-refractivity contribution in [3.8, 4) is 0 Å². The fourth-order valence-electron chi connectivity index (χ4n) is 5.35. The lowest BCUT2D eigenvalue weighted by molar-refractivity contribution is -0.695. The minimum Gasteiger partial charge on any atom is -0.387 e. The minimum absolute atomic E-state index is 0.0208. The first kappa shape index (κ1) is 27.6. The Morgan fingerprint density at radius 2 is 1.76 bits per heavy atom. The van der Waals surface area contributed by atoms with Gasteiger partial charge in [-0.25, -0.2) is 0 Å². The summed E-state index contributed by atoms with van der Waals surface area (Å²) in [6.45, 7) is 3.58. The number of nitrogens with one attached hydrogen (secondary N) is 1. The van der Waals surface area contributed by atoms with E-state index in [0.29, 0.717) is 19.4 Å². The largest absolute Gasteiger partial charge is 0.387 e. The van der Waals surface area contributed by atoms with Crippen molar-refractivity contribution < 1.29 is 61.6 Å². The van der Waals surface area contributed by atoms with Crippen molar-refractivity contribution in [3.05, 3.63) is 0 Å². The summed E-state index contributed by atoms with van der Waals surface area (Å²) in [4.78, 5) is 11.7. The molecule has 1 aliphatic carbocycles. The average Bonchev–Trinajstić information content (AvgIpc) is 2.76. The first-order valence-corrected chi connectivity index (χ1v) is 12.2. The van der Waals surface area contributed by atoms with Gasteiger partial charge >= 0.3 is 0 Å². The summed E-state index contributed by atoms with van der Waals surface area (Å²) in [7, 11) is 1.76. The highest BCUT2D eigenvalue weighted by Crippen LogP contribution is 2.30. The third-order valence-corrected chi connectivity index (χ3v) is 7.22. The highest BCUT2D eigenvalue weighted by molar-refractivity contribution is 5.73. The third kappa shape index (κ3) is 6.05. The number of quaternary nitrogens is 4. The summed E-state index contributed by atoms with van der Waals surface area (Å²) in [6, 6.07) is -1.54. The number of carbonyl (C=O) groups excluding carboxylic acids is 1. The van der Waals surface area contributed by atoms with Crippen LogP contribution in [0.15, 0.2) is 0 Å². The standard InChI is InChI=1S/C21H41N5O8/c1-9(27)26-13-5-4-10(7-22)32-19(13)33-16-11(23)6-12(24)17(14(16)28)34-20-15(29)18(25-3)21(2,30)8-31-20/h10-20,25,28-30H,4-8,22-24H2,1-3H3,(H,26,27)/p+4/t10-,11-,12+,13+,14-,15+,16+,17-,18+,19+,20+,21-/m0/s1. The molecule has 13 heteroatoms. The van der Waals surface area contributed by atoms with Gasteiger partial charge in [-0.2, -0.15) is 0 Å². The third-order valence-electron chi connectivity index (χ3n) is 7.22. The molecule has 0 aromatic rings. The maximum Gasteiger partial charge on any atom is 0.217 e. The van der Waals surface area contributed by atoms with E-state index in [9.17, 15) is 20.1 Å². The molecular weight excluding hydrogens is 450 g/mol. The van der Waals surface area contributed by atoms with Crippen molar-refractivity contribution in [1.82, 2.24) is 5.32 Å². The summed E-state index contributed by atoms with van der Waals surface area (Å²) in [5, 5.41) is 37.1. The Hall–Kier alpha value is -0.970. The maximum atomic E-state index is 11.7. The van der Waals surface area contributed by atoms with Gasteiger partial charge in [0.05, 0.1) is 26.1 Å². The zero-order chi connectivity index (χ0) is 25.2. The molecule has 2 aliphatic heterocycles. The van der Waals surface area contributed by atoms with E-state index in [1.807, 2.05) is 0 Å². The van der Waals surface area contributed by atoms with E-state index in [1.165, 1.54) is 6.92 Å². The Morgan fingerprint density at radius 1 is 1.15 bits per heavy atom. The van der Waals surface area contributed by atoms with Crippen molar-refractivity contribution in [1.29, 1.82) is 0 Å². The van der Waals surface area contributed by atoms with Gasteiger partial charge in [0.25, 0.3) is 0 Å². The first-order chi connectivity index (χ1) is 16.0. The predicted molar refractivity (Wildman–Crippen MR) is 115 cm³/mol. The van der Waals surface area contributed by atoms with E-state index < -0.39 is 48.6 Å². The van der Waals surface area contributed by atoms with Gasteiger partial charge in [0.15, 0.2) is 18.7 Å². The molecule has 3 fully saturated rings. The van der Waals surface area contributed by atoms with Gasteiger partial charge in [-0.3, -0.25) is 4.79 Å². The Bertz CT molecular complexity index is 688. The van der Waals surface area contributed by atoms with Crippen LogP contribution >= 0.6 is 0 Å². The van der Waals surface area contributed by atoms with E-state index in [4.69, 9.17) is 18.9 Å². The number of carbonyl (C=O) groups is 1. The normalized spacial score (nSPS) is 47.9. The molecule has 12 atom stereocenters. The minimum atomic E-state index is -1.23. The van der Waals surface area contributed by atoms with E-state index in [2.05, 4.69) is 22.5 Å². The molecular formula is C21H45N5O8+4. The van der Waals surface area contributed by atoms with Crippen LogP contribution in [-0.4, -0.2) is 114 Å². The van der Waals surface area contributed by atoms with Crippen LogP contribution in [0, 0.1) is 0 Å². The topological polar surface area (TPSA) is 226 Å². The van der Waals surface area contributed by atoms with Crippen LogP contribution in [0.1, 0.15) is 33.1 Å². The van der Waals surface area contributed by atoms with Gasteiger partial charge in [0, 0.05) is 6.92 Å². The lowest BCUT2D eigenvalue weighted by atomic mass is 9.84. The Labute approximate surface area is 199 Å². The highest BCUT2D eigenvalue weighted by atomic mass is 16.7. The van der Waals surface area contributed by atoms with Crippen molar-refractivity contribution in [2.45, 2.75) is 106 Å². The molecule has 0 unspecified atom stereocenters. The molecule has 0 bridgehead atoms. The fraction of sp³-hybridized carbons (Fsp3) is 0.952. The smallest absolute Gasteiger partial charge is 0.217 e. The summed E-state index contributed by atoms with van der Waals surface area (Å²) in [6.07, 6.45) is -3.76. The van der Waals surface area contributed by atoms with Crippen molar-refractivity contribution in [3.63, 3.8) is 0 Å². The van der Waals surface area contributed by atoms with Crippen LogP contribution in [0.3, 0.4) is 0 Å². The van der Waals surface area contributed by atoms with Crippen LogP contribution < -0.4 is 27.8 Å². The van der Waals surface area contributed by atoms with Gasteiger partial charge in [-0.05, 0) is 19.8 Å². The van der Waals surface area contributed by atoms with Crippen LogP contribution in [0.5, 0.6) is 0 Å². The van der Waals surface area contributed by atoms with Gasteiger partial charge < -0.3 is 62.1 Å². The predicted octanol–water partition coefficient (Wildman–Crippen LogP) is -6.98. The summed E-state index contributed by atoms with van der Waals surface area (Å²) < 4.78 is 23.9. The van der Waals surface area contributed by atoms with Crippen LogP contribution in [0.25, 0.3) is 0 Å². The fourth-order valence-corrected chi connectivity index (χ4v) is 5.35. The van der Waals surface area contributed by atoms with Gasteiger partial charge in [0.2, 0.25) is 5.91 Å². The Morgan fingerprint density at radius 3 is 2.32 bits per heavy atom. The molecule has 2 heterocycles. The van der Waals surface area contributed by atoms with Crippen molar-refractivity contribution in [2.75, 3.05) is 20.2 Å². The maximum absolute atomic E-state index is 11.7. The average molecular weight is 496 g/mol. The number of rotatable bonds is 7. The number of likely N-dealkylation sites (N-methyl/N-ethyl adjacent to an activating group) is 1. The number of aliphatic hydroxyl groups excluding tert-OH is 2. The second-order valence-electron chi connectivity index (χ2n) is 10.1. The zero-order valence-electron chi connectivity index (χ0n) is 20.5. The van der Waals surface area contributed by atoms with Gasteiger partial charge in [-0.15, -0.1) is 0 Å². The molecule has 0 spiro atoms. The molecule has 198 valence electrons. The molecule has 3 rings (SSSR count). The number of nitrogens with two attached hydrogens (primary N) is 1. The molecule has 1 amide bonds. The Kier molecular flexibility index (Phi) is 9.25. The van der Waals surface area contributed by atoms with Crippen molar-refractivity contribution in [2.24, 2.45) is 0 Å². The Balaban J connectivity index is 1.72. The zero-order valence-corrected chi connectivity index (χ0v) is 20.5. The van der Waals surface area contributed by atoms with E-state index in [0.717, 1.165) is 6.42 Å². The number of aliphatic hydroxyl groups is 3. The summed E-state index contributed by atoms with van der Waals surface area (Å²) >= 11 is 0. The molecule has 13 nitrogen and oxygen atoms in total. The molecule has 0 aromatic carbocycles. The molecule has 3 aliphatic rings. The van der Waals surface area contributed by atoms with Gasteiger partial charge in [0.1, 0.15) is 54.7 Å². The molecule has 34 heavy (non-hydrogen) atoms. The molecule has 15 N–H and O–H groups in total. The SMILES string of the molecule is C[NH2+][C@@H]1[C@@H](O)[C@@H](O[C@@H]2[C@@H](O)[C@H](O[C@H]3O[C@H](C[NH3+])CC[C@H]3NC(C)=O)[C@@H]([NH3+])C[C@H]2[NH3+])OC[C@]1(C)O. The molecule has 2 saturated heterocycles. The second kappa shape index (κ2) is 11.4. The van der Waals surface area contributed by atoms with E-state index in [1.54, 1.807) is 19.3 Å². The van der Waals surface area contributed by atoms with Gasteiger partial charge in [-0.1, -0.05) is 0 Å². The molecule has 1 saturated carbocycles. The number of ether oxygens (including phenoxy) is 4. The summed E-state index contributed by atoms with van der Waals surface area (Å²) in [5.74, 6) is -0.189. The molecule has 0 radical (unpaired) electrons. The van der Waals surface area contributed by atoms with Crippen LogP contribution in [0.4, 0.5) is 0 Å². The lowest BCUT2D eigenvalue weighted by Crippen LogP contribution is -2.96. The van der Waals surface area contributed by atoms with Crippen molar-refractivity contribution >= 4 is 5.91 Å². The highest BCUT2D eigenvalue weighted by Gasteiger charge is 2.54. The number of amides is 1.